The van der Waals surface area contributed by atoms with Crippen LogP contribution in [0.5, 0.6) is 0 Å². The molecule has 0 rings (SSSR count). The van der Waals surface area contributed by atoms with Crippen molar-refractivity contribution in [1.82, 2.24) is 10.2 Å². The number of nitrogens with one attached hydrogen (secondary N) is 1. The zero-order valence-electron chi connectivity index (χ0n) is 12.1. The van der Waals surface area contributed by atoms with Gasteiger partial charge in [-0.25, -0.2) is 0 Å². The number of amides is 1. The Morgan fingerprint density at radius 3 is 2.24 bits per heavy atom. The molecule has 102 valence electrons. The second-order valence-corrected chi connectivity index (χ2v) is 5.27. The molecule has 0 aromatic carbocycles. The molecule has 0 aromatic heterocycles. The second-order valence-electron chi connectivity index (χ2n) is 5.27. The highest BCUT2D eigenvalue weighted by Gasteiger charge is 2.28. The summed E-state index contributed by atoms with van der Waals surface area (Å²) in [6.07, 6.45) is 1.66. The molecule has 0 aliphatic carbocycles. The van der Waals surface area contributed by atoms with Crippen LogP contribution >= 0.6 is 0 Å². The quantitative estimate of drug-likeness (QED) is 0.708. The highest BCUT2D eigenvalue weighted by Crippen LogP contribution is 2.18. The fraction of sp³-hybridized carbons (Fsp3) is 0.923. The smallest absolute Gasteiger partial charge is 0.237 e. The van der Waals surface area contributed by atoms with Crippen LogP contribution in [0.15, 0.2) is 0 Å². The molecule has 0 aliphatic heterocycles. The number of carbonyl (C=O) groups excluding carboxylic acids is 1. The second kappa shape index (κ2) is 6.97. The third-order valence-electron chi connectivity index (χ3n) is 3.61. The molecule has 0 saturated carbocycles. The van der Waals surface area contributed by atoms with Gasteiger partial charge in [0.15, 0.2) is 0 Å². The van der Waals surface area contributed by atoms with E-state index in [-0.39, 0.29) is 17.9 Å². The first-order valence-corrected chi connectivity index (χ1v) is 6.42. The number of aliphatic hydroxyl groups is 1. The molecule has 4 nitrogen and oxygen atoms in total. The molecule has 4 heteroatoms. The molecule has 0 aromatic rings. The van der Waals surface area contributed by atoms with Gasteiger partial charge in [0.2, 0.25) is 5.91 Å². The van der Waals surface area contributed by atoms with Gasteiger partial charge in [0.05, 0.1) is 11.6 Å². The first-order chi connectivity index (χ1) is 7.76. The Hall–Kier alpha value is -0.610. The van der Waals surface area contributed by atoms with Crippen LogP contribution in [0.2, 0.25) is 0 Å². The number of rotatable bonds is 7. The van der Waals surface area contributed by atoms with Crippen LogP contribution in [0.4, 0.5) is 0 Å². The van der Waals surface area contributed by atoms with Crippen LogP contribution in [0.25, 0.3) is 0 Å². The summed E-state index contributed by atoms with van der Waals surface area (Å²) in [5.74, 6) is 0.156. The molecule has 0 fully saturated rings. The molecule has 0 radical (unpaired) electrons. The van der Waals surface area contributed by atoms with Crippen molar-refractivity contribution in [1.29, 1.82) is 0 Å². The number of nitrogens with zero attached hydrogens (tertiary/aromatic N) is 1. The van der Waals surface area contributed by atoms with Gasteiger partial charge in [-0.3, -0.25) is 9.69 Å². The Labute approximate surface area is 105 Å². The molecule has 0 spiro atoms. The summed E-state index contributed by atoms with van der Waals surface area (Å²) in [7, 11) is 3.78. The van der Waals surface area contributed by atoms with Crippen LogP contribution < -0.4 is 5.32 Å². The lowest BCUT2D eigenvalue weighted by Crippen LogP contribution is -2.50. The van der Waals surface area contributed by atoms with Crippen molar-refractivity contribution in [2.75, 3.05) is 20.6 Å². The Morgan fingerprint density at radius 2 is 1.88 bits per heavy atom. The molecular formula is C13H28N2O2. The van der Waals surface area contributed by atoms with E-state index in [1.165, 1.54) is 0 Å². The number of hydrogen-bond acceptors (Lipinski definition) is 3. The van der Waals surface area contributed by atoms with Crippen LogP contribution in [0, 0.1) is 5.92 Å². The van der Waals surface area contributed by atoms with E-state index >= 15 is 0 Å². The lowest BCUT2D eigenvalue weighted by Gasteiger charge is -2.31. The van der Waals surface area contributed by atoms with E-state index in [0.29, 0.717) is 6.54 Å². The first-order valence-electron chi connectivity index (χ1n) is 6.42. The summed E-state index contributed by atoms with van der Waals surface area (Å²) < 4.78 is 0. The predicted octanol–water partition coefficient (Wildman–Crippen LogP) is 1.24. The van der Waals surface area contributed by atoms with Gasteiger partial charge in [-0.2, -0.15) is 0 Å². The summed E-state index contributed by atoms with van der Waals surface area (Å²) in [4.78, 5) is 13.8. The highest BCUT2D eigenvalue weighted by molar-refractivity contribution is 5.81. The van der Waals surface area contributed by atoms with Gasteiger partial charge in [-0.15, -0.1) is 0 Å². The summed E-state index contributed by atoms with van der Waals surface area (Å²) in [6.45, 7) is 8.10. The maximum atomic E-state index is 11.9. The average molecular weight is 244 g/mol. The third-order valence-corrected chi connectivity index (χ3v) is 3.61. The minimum absolute atomic E-state index is 0.0129. The van der Waals surface area contributed by atoms with Gasteiger partial charge in [-0.1, -0.05) is 27.2 Å². The Kier molecular flexibility index (Phi) is 6.72. The minimum Gasteiger partial charge on any atom is -0.388 e. The maximum absolute atomic E-state index is 11.9. The number of carbonyl (C=O) groups is 1. The number of likely N-dealkylation sites (N-methyl/N-ethyl adjacent to an activating group) is 1. The third kappa shape index (κ3) is 5.04. The Morgan fingerprint density at radius 1 is 1.35 bits per heavy atom. The summed E-state index contributed by atoms with van der Waals surface area (Å²) in [5, 5.41) is 13.0. The van der Waals surface area contributed by atoms with Crippen molar-refractivity contribution in [3.63, 3.8) is 0 Å². The van der Waals surface area contributed by atoms with E-state index in [1.54, 1.807) is 6.92 Å². The van der Waals surface area contributed by atoms with Gasteiger partial charge in [0, 0.05) is 6.54 Å². The number of hydrogen-bond donors (Lipinski definition) is 2. The molecule has 0 aliphatic rings. The largest absolute Gasteiger partial charge is 0.388 e. The van der Waals surface area contributed by atoms with Gasteiger partial charge in [0.1, 0.15) is 0 Å². The van der Waals surface area contributed by atoms with Crippen LogP contribution in [0.3, 0.4) is 0 Å². The first kappa shape index (κ1) is 16.4. The van der Waals surface area contributed by atoms with Crippen LogP contribution in [-0.2, 0) is 4.79 Å². The van der Waals surface area contributed by atoms with Crippen molar-refractivity contribution in [2.24, 2.45) is 5.92 Å². The fourth-order valence-electron chi connectivity index (χ4n) is 1.78. The van der Waals surface area contributed by atoms with E-state index in [9.17, 15) is 9.90 Å². The fourth-order valence-corrected chi connectivity index (χ4v) is 1.78. The van der Waals surface area contributed by atoms with Crippen molar-refractivity contribution in [3.05, 3.63) is 0 Å². The van der Waals surface area contributed by atoms with Gasteiger partial charge in [-0.05, 0) is 33.4 Å². The Bertz CT molecular complexity index is 240. The molecule has 3 atom stereocenters. The highest BCUT2D eigenvalue weighted by atomic mass is 16.3. The van der Waals surface area contributed by atoms with E-state index in [0.717, 1.165) is 12.8 Å². The molecule has 3 unspecified atom stereocenters. The molecule has 0 saturated heterocycles. The van der Waals surface area contributed by atoms with Crippen LogP contribution in [0.1, 0.15) is 40.5 Å². The van der Waals surface area contributed by atoms with E-state index in [4.69, 9.17) is 0 Å². The molecule has 0 heterocycles. The molecule has 0 bridgehead atoms. The van der Waals surface area contributed by atoms with Gasteiger partial charge in [0.25, 0.3) is 0 Å². The molecule has 1 amide bonds. The average Bonchev–Trinajstić information content (AvgIpc) is 2.25. The van der Waals surface area contributed by atoms with E-state index in [1.807, 2.05) is 39.8 Å². The maximum Gasteiger partial charge on any atom is 0.237 e. The topological polar surface area (TPSA) is 52.6 Å². The van der Waals surface area contributed by atoms with Crippen molar-refractivity contribution < 1.29 is 9.90 Å². The molecule has 2 N–H and O–H groups in total. The SMILES string of the molecule is CCC(C(=O)NCC(C)(O)C(C)CC)N(C)C. The minimum atomic E-state index is -0.838. The summed E-state index contributed by atoms with van der Waals surface area (Å²) in [5.41, 5.74) is -0.838. The Balaban J connectivity index is 4.32. The normalized spacial score (nSPS) is 18.6. The lowest BCUT2D eigenvalue weighted by molar-refractivity contribution is -0.127. The van der Waals surface area contributed by atoms with E-state index < -0.39 is 5.60 Å². The van der Waals surface area contributed by atoms with E-state index in [2.05, 4.69) is 5.32 Å². The predicted molar refractivity (Wildman–Crippen MR) is 70.9 cm³/mol. The standard InChI is InChI=1S/C13H28N2O2/c1-7-10(3)13(4,17)9-14-12(16)11(8-2)15(5)6/h10-11,17H,7-9H2,1-6H3,(H,14,16). The molecule has 17 heavy (non-hydrogen) atoms. The van der Waals surface area contributed by atoms with Crippen LogP contribution in [-0.4, -0.2) is 48.2 Å². The summed E-state index contributed by atoms with van der Waals surface area (Å²) >= 11 is 0. The van der Waals surface area contributed by atoms with Crippen molar-refractivity contribution in [2.45, 2.75) is 52.2 Å². The monoisotopic (exact) mass is 244 g/mol. The zero-order valence-corrected chi connectivity index (χ0v) is 12.1. The zero-order chi connectivity index (χ0) is 13.6. The molecular weight excluding hydrogens is 216 g/mol. The van der Waals surface area contributed by atoms with Gasteiger partial charge >= 0.3 is 0 Å². The lowest BCUT2D eigenvalue weighted by atomic mass is 9.88. The summed E-state index contributed by atoms with van der Waals surface area (Å²) in [6, 6.07) is -0.122. The van der Waals surface area contributed by atoms with Gasteiger partial charge < -0.3 is 10.4 Å². The van der Waals surface area contributed by atoms with Crippen molar-refractivity contribution in [3.8, 4) is 0 Å². The van der Waals surface area contributed by atoms with Crippen molar-refractivity contribution >= 4 is 5.91 Å².